The summed E-state index contributed by atoms with van der Waals surface area (Å²) in [6.45, 7) is 8.26. The van der Waals surface area contributed by atoms with Crippen molar-refractivity contribution in [3.8, 4) is 11.1 Å². The molecule has 2 aromatic heterocycles. The van der Waals surface area contributed by atoms with Crippen LogP contribution in [0.3, 0.4) is 0 Å². The fourth-order valence-electron chi connectivity index (χ4n) is 4.56. The van der Waals surface area contributed by atoms with Gasteiger partial charge in [-0.3, -0.25) is 10.1 Å². The summed E-state index contributed by atoms with van der Waals surface area (Å²) in [5.74, 6) is 0.126. The third-order valence-electron chi connectivity index (χ3n) is 6.35. The van der Waals surface area contributed by atoms with Crippen LogP contribution in [0.2, 0.25) is 0 Å². The maximum atomic E-state index is 12.6. The summed E-state index contributed by atoms with van der Waals surface area (Å²) in [6.07, 6.45) is 4.47. The highest BCUT2D eigenvalue weighted by Gasteiger charge is 2.30. The number of fused-ring (bicyclic) bond motifs is 1. The Morgan fingerprint density at radius 1 is 1.26 bits per heavy atom. The number of ether oxygens (including phenoxy) is 1. The first-order valence-electron chi connectivity index (χ1n) is 12.7. The Hall–Kier alpha value is -4.05. The lowest BCUT2D eigenvalue weighted by Crippen LogP contribution is -2.37. The van der Waals surface area contributed by atoms with E-state index in [2.05, 4.69) is 27.5 Å². The molecule has 1 aliphatic carbocycles. The van der Waals surface area contributed by atoms with Crippen LogP contribution in [-0.4, -0.2) is 40.8 Å². The third kappa shape index (κ3) is 6.88. The van der Waals surface area contributed by atoms with Crippen molar-refractivity contribution in [1.29, 1.82) is 0 Å². The van der Waals surface area contributed by atoms with E-state index < -0.39 is 12.7 Å². The van der Waals surface area contributed by atoms with E-state index in [9.17, 15) is 18.0 Å². The highest BCUT2D eigenvalue weighted by atomic mass is 19.4. The van der Waals surface area contributed by atoms with Crippen LogP contribution < -0.4 is 16.0 Å². The number of alkyl halides is 3. The van der Waals surface area contributed by atoms with E-state index in [0.29, 0.717) is 11.4 Å². The molecule has 0 spiro atoms. The van der Waals surface area contributed by atoms with E-state index in [4.69, 9.17) is 4.74 Å². The molecule has 1 amide bonds. The first-order chi connectivity index (χ1) is 18.6. The van der Waals surface area contributed by atoms with Gasteiger partial charge in [-0.25, -0.2) is 4.98 Å². The highest BCUT2D eigenvalue weighted by Crippen LogP contribution is 2.37. The molecule has 0 saturated heterocycles. The Labute approximate surface area is 225 Å². The summed E-state index contributed by atoms with van der Waals surface area (Å²) in [6, 6.07) is 11.4. The van der Waals surface area contributed by atoms with Crippen molar-refractivity contribution in [2.45, 2.75) is 39.0 Å². The number of hydrogen-bond acceptors (Lipinski definition) is 5. The van der Waals surface area contributed by atoms with Gasteiger partial charge < -0.3 is 19.8 Å². The van der Waals surface area contributed by atoms with Gasteiger partial charge in [0.1, 0.15) is 11.4 Å². The molecule has 39 heavy (non-hydrogen) atoms. The number of carbonyl (C=O) groups excluding carboxylic acids is 1. The van der Waals surface area contributed by atoms with E-state index >= 15 is 0 Å². The molecule has 2 heterocycles. The normalized spacial score (nSPS) is 17.5. The second kappa shape index (κ2) is 11.8. The van der Waals surface area contributed by atoms with Gasteiger partial charge in [-0.1, -0.05) is 31.7 Å². The van der Waals surface area contributed by atoms with Crippen LogP contribution in [0.25, 0.3) is 16.8 Å². The predicted octanol–water partition coefficient (Wildman–Crippen LogP) is 5.75. The molecule has 10 heteroatoms. The van der Waals surface area contributed by atoms with Crippen LogP contribution in [0.1, 0.15) is 32.4 Å². The lowest BCUT2D eigenvalue weighted by atomic mass is 9.84. The number of aromatic nitrogens is 2. The van der Waals surface area contributed by atoms with Crippen molar-refractivity contribution in [1.82, 2.24) is 20.0 Å². The quantitative estimate of drug-likeness (QED) is 0.174. The molecule has 1 aliphatic rings. The number of pyridine rings is 1. The molecule has 0 bridgehead atoms. The van der Waals surface area contributed by atoms with E-state index in [1.54, 1.807) is 6.20 Å². The Kier molecular flexibility index (Phi) is 8.44. The molecular formula is C29H32F3N5O2. The Morgan fingerprint density at radius 3 is 2.74 bits per heavy atom. The third-order valence-corrected chi connectivity index (χ3v) is 6.35. The lowest BCUT2D eigenvalue weighted by Gasteiger charge is -2.30. The molecule has 0 radical (unpaired) electrons. The predicted molar refractivity (Wildman–Crippen MR) is 146 cm³/mol. The molecule has 206 valence electrons. The van der Waals surface area contributed by atoms with Gasteiger partial charge in [0.15, 0.2) is 0 Å². The monoisotopic (exact) mass is 539 g/mol. The summed E-state index contributed by atoms with van der Waals surface area (Å²) in [7, 11) is 0. The Bertz CT molecular complexity index is 1410. The Balaban J connectivity index is 1.63. The lowest BCUT2D eigenvalue weighted by molar-refractivity contribution is -0.124. The molecular weight excluding hydrogens is 507 g/mol. The molecule has 2 atom stereocenters. The number of hydrogen-bond donors (Lipinski definition) is 3. The fourth-order valence-corrected chi connectivity index (χ4v) is 4.56. The number of imidazole rings is 1. The Morgan fingerprint density at radius 2 is 2.03 bits per heavy atom. The average molecular weight is 540 g/mol. The number of rotatable bonds is 10. The second-order valence-electron chi connectivity index (χ2n) is 9.61. The number of anilines is 1. The summed E-state index contributed by atoms with van der Waals surface area (Å²) in [5.41, 5.74) is 4.80. The smallest absolute Gasteiger partial charge is 0.401 e. The van der Waals surface area contributed by atoms with Crippen molar-refractivity contribution in [3.05, 3.63) is 90.7 Å². The van der Waals surface area contributed by atoms with E-state index in [-0.39, 0.29) is 30.5 Å². The summed E-state index contributed by atoms with van der Waals surface area (Å²) < 4.78 is 45.7. The van der Waals surface area contributed by atoms with Crippen molar-refractivity contribution >= 4 is 17.2 Å². The van der Waals surface area contributed by atoms with Gasteiger partial charge in [-0.15, -0.1) is 0 Å². The van der Waals surface area contributed by atoms with Crippen molar-refractivity contribution in [2.75, 3.05) is 18.5 Å². The van der Waals surface area contributed by atoms with E-state index in [1.165, 1.54) is 6.08 Å². The standard InChI is InChI=1S/C29H32F3N5O2/c1-5-28(38)36-24-9-7-6-8-22(24)20-10-11-37-26(15-34-27(37)12-20)23-13-21(39-18(2)3)14-25(19(23)4)35-17-33-16-29(30,31)32/h5-15,18-19,23,33,35H,1,16-17H2,2-4H3,(H,36,38). The SMILES string of the molecule is C=CC(=O)Nc1ccccc1-c1ccn2c(C3C=C(OC(C)C)C=C(NCNCC(F)(F)F)C3C)cnc2c1. The van der Waals surface area contributed by atoms with Crippen molar-refractivity contribution in [3.63, 3.8) is 0 Å². The molecule has 3 aromatic rings. The van der Waals surface area contributed by atoms with Gasteiger partial charge in [0.25, 0.3) is 0 Å². The van der Waals surface area contributed by atoms with Crippen LogP contribution in [0, 0.1) is 5.92 Å². The number of carbonyl (C=O) groups is 1. The van der Waals surface area contributed by atoms with Gasteiger partial charge in [-0.2, -0.15) is 13.2 Å². The number of nitrogens with one attached hydrogen (secondary N) is 3. The molecule has 0 fully saturated rings. The molecule has 4 rings (SSSR count). The maximum Gasteiger partial charge on any atom is 0.401 e. The molecule has 0 saturated carbocycles. The number of nitrogens with zero attached hydrogens (tertiary/aromatic N) is 2. The molecule has 0 aliphatic heterocycles. The number of amides is 1. The summed E-state index contributed by atoms with van der Waals surface area (Å²) >= 11 is 0. The van der Waals surface area contributed by atoms with E-state index in [1.807, 2.05) is 79.9 Å². The maximum absolute atomic E-state index is 12.6. The van der Waals surface area contributed by atoms with Crippen molar-refractivity contribution in [2.24, 2.45) is 5.92 Å². The van der Waals surface area contributed by atoms with E-state index in [0.717, 1.165) is 28.2 Å². The van der Waals surface area contributed by atoms with Crippen LogP contribution in [-0.2, 0) is 9.53 Å². The largest absolute Gasteiger partial charge is 0.491 e. The average Bonchev–Trinajstić information content (AvgIpc) is 3.30. The zero-order valence-corrected chi connectivity index (χ0v) is 22.0. The minimum absolute atomic E-state index is 0.0321. The second-order valence-corrected chi connectivity index (χ2v) is 9.61. The van der Waals surface area contributed by atoms with Crippen LogP contribution in [0.5, 0.6) is 0 Å². The zero-order valence-electron chi connectivity index (χ0n) is 22.0. The van der Waals surface area contributed by atoms with Gasteiger partial charge in [0.05, 0.1) is 25.0 Å². The zero-order chi connectivity index (χ0) is 28.2. The number of halogens is 3. The van der Waals surface area contributed by atoms with Gasteiger partial charge in [-0.05, 0) is 55.8 Å². The number of para-hydroxylation sites is 1. The summed E-state index contributed by atoms with van der Waals surface area (Å²) in [5, 5.41) is 8.32. The molecule has 3 N–H and O–H groups in total. The van der Waals surface area contributed by atoms with Gasteiger partial charge in [0, 0.05) is 41.2 Å². The topological polar surface area (TPSA) is 79.7 Å². The fraction of sp³-hybridized carbons (Fsp3) is 0.310. The van der Waals surface area contributed by atoms with Crippen LogP contribution in [0.4, 0.5) is 18.9 Å². The summed E-state index contributed by atoms with van der Waals surface area (Å²) in [4.78, 5) is 16.6. The van der Waals surface area contributed by atoms with Crippen molar-refractivity contribution < 1.29 is 22.7 Å². The van der Waals surface area contributed by atoms with Gasteiger partial charge >= 0.3 is 6.18 Å². The highest BCUT2D eigenvalue weighted by molar-refractivity contribution is 6.01. The molecule has 7 nitrogen and oxygen atoms in total. The molecule has 2 unspecified atom stereocenters. The van der Waals surface area contributed by atoms with Crippen LogP contribution in [0.15, 0.2) is 85.1 Å². The molecule has 1 aromatic carbocycles. The first-order valence-corrected chi connectivity index (χ1v) is 12.7. The van der Waals surface area contributed by atoms with Crippen LogP contribution >= 0.6 is 0 Å². The number of allylic oxidation sites excluding steroid dienone is 3. The first kappa shape index (κ1) is 28.0. The minimum atomic E-state index is -4.28. The number of benzene rings is 1. The minimum Gasteiger partial charge on any atom is -0.491 e. The van der Waals surface area contributed by atoms with Gasteiger partial charge in [0.2, 0.25) is 5.91 Å².